The average molecular weight is 264 g/mol. The fraction of sp³-hybridized carbons (Fsp3) is 0.429. The van der Waals surface area contributed by atoms with Crippen molar-refractivity contribution in [3.05, 3.63) is 29.6 Å². The Hall–Kier alpha value is -1.75. The summed E-state index contributed by atoms with van der Waals surface area (Å²) in [6.45, 7) is 5.35. The van der Waals surface area contributed by atoms with Crippen LogP contribution >= 0.6 is 0 Å². The van der Waals surface area contributed by atoms with Crippen molar-refractivity contribution >= 4 is 12.6 Å². The number of ether oxygens (including phenoxy) is 2. The van der Waals surface area contributed by atoms with E-state index < -0.39 is 5.82 Å². The number of nitrogens with one attached hydrogen (secondary N) is 1. The summed E-state index contributed by atoms with van der Waals surface area (Å²) in [6, 6.07) is 4.10. The zero-order chi connectivity index (χ0) is 13.7. The summed E-state index contributed by atoms with van der Waals surface area (Å²) in [4.78, 5) is 3.52. The molecule has 0 amide bonds. The molecule has 1 fully saturated rings. The van der Waals surface area contributed by atoms with Gasteiger partial charge in [0.2, 0.25) is 0 Å². The van der Waals surface area contributed by atoms with Crippen LogP contribution < -0.4 is 4.74 Å². The molecule has 4 nitrogen and oxygen atoms in total. The van der Waals surface area contributed by atoms with Gasteiger partial charge in [0.1, 0.15) is 11.6 Å². The Kier molecular flexibility index (Phi) is 4.63. The normalized spacial score (nSPS) is 16.1. The number of aliphatic imine (C=N–C) groups is 1. The van der Waals surface area contributed by atoms with Crippen LogP contribution in [0.25, 0.3) is 0 Å². The zero-order valence-electron chi connectivity index (χ0n) is 10.7. The lowest BCUT2D eigenvalue weighted by molar-refractivity contribution is 0.0497. The van der Waals surface area contributed by atoms with Gasteiger partial charge in [-0.1, -0.05) is 0 Å². The van der Waals surface area contributed by atoms with E-state index in [1.807, 2.05) is 0 Å². The summed E-state index contributed by atoms with van der Waals surface area (Å²) in [6.07, 6.45) is 1.93. The van der Waals surface area contributed by atoms with Crippen molar-refractivity contribution in [3.8, 4) is 5.75 Å². The number of hydrogen-bond donors (Lipinski definition) is 1. The predicted octanol–water partition coefficient (Wildman–Crippen LogP) is 2.66. The molecule has 0 saturated carbocycles. The van der Waals surface area contributed by atoms with E-state index in [1.165, 1.54) is 18.2 Å². The lowest BCUT2D eigenvalue weighted by Crippen LogP contribution is -2.21. The summed E-state index contributed by atoms with van der Waals surface area (Å²) >= 11 is 0. The van der Waals surface area contributed by atoms with Gasteiger partial charge in [0.15, 0.2) is 5.84 Å². The number of nitrogens with zero attached hydrogens (tertiary/aromatic N) is 1. The van der Waals surface area contributed by atoms with E-state index in [9.17, 15) is 4.39 Å². The van der Waals surface area contributed by atoms with Gasteiger partial charge < -0.3 is 9.47 Å². The van der Waals surface area contributed by atoms with Gasteiger partial charge in [-0.15, -0.1) is 0 Å². The Morgan fingerprint density at radius 3 is 2.89 bits per heavy atom. The van der Waals surface area contributed by atoms with Gasteiger partial charge in [0.05, 0.1) is 12.2 Å². The third kappa shape index (κ3) is 3.61. The quantitative estimate of drug-likeness (QED) is 0.671. The lowest BCUT2D eigenvalue weighted by Gasteiger charge is -2.22. The summed E-state index contributed by atoms with van der Waals surface area (Å²) in [5.74, 6) is 0.422. The second-order valence-electron chi connectivity index (χ2n) is 4.51. The van der Waals surface area contributed by atoms with Gasteiger partial charge >= 0.3 is 0 Å². The molecule has 1 heterocycles. The molecule has 102 valence electrons. The smallest absolute Gasteiger partial charge is 0.154 e. The molecule has 19 heavy (non-hydrogen) atoms. The van der Waals surface area contributed by atoms with Gasteiger partial charge in [0, 0.05) is 13.2 Å². The zero-order valence-corrected chi connectivity index (χ0v) is 10.7. The highest BCUT2D eigenvalue weighted by Gasteiger charge is 2.16. The Morgan fingerprint density at radius 2 is 2.21 bits per heavy atom. The van der Waals surface area contributed by atoms with Crippen LogP contribution in [0.4, 0.5) is 4.39 Å². The van der Waals surface area contributed by atoms with Gasteiger partial charge in [0.25, 0.3) is 0 Å². The van der Waals surface area contributed by atoms with Gasteiger partial charge in [-0.25, -0.2) is 9.38 Å². The molecule has 0 bridgehead atoms. The second kappa shape index (κ2) is 6.43. The van der Waals surface area contributed by atoms with Crippen molar-refractivity contribution in [3.63, 3.8) is 0 Å². The van der Waals surface area contributed by atoms with Crippen molar-refractivity contribution < 1.29 is 13.9 Å². The molecule has 0 aliphatic carbocycles. The molecule has 0 atom stereocenters. The van der Waals surface area contributed by atoms with Crippen LogP contribution in [0.2, 0.25) is 0 Å². The average Bonchev–Trinajstić information content (AvgIpc) is 2.46. The Balaban J connectivity index is 2.06. The monoisotopic (exact) mass is 264 g/mol. The molecule has 1 saturated heterocycles. The van der Waals surface area contributed by atoms with E-state index in [1.54, 1.807) is 0 Å². The summed E-state index contributed by atoms with van der Waals surface area (Å²) in [7, 11) is 0. The molecule has 1 aliphatic heterocycles. The fourth-order valence-corrected chi connectivity index (χ4v) is 2.02. The minimum Gasteiger partial charge on any atom is -0.493 e. The first kappa shape index (κ1) is 13.7. The van der Waals surface area contributed by atoms with Crippen LogP contribution in [0.1, 0.15) is 18.4 Å². The van der Waals surface area contributed by atoms with E-state index in [-0.39, 0.29) is 5.84 Å². The van der Waals surface area contributed by atoms with Gasteiger partial charge in [-0.2, -0.15) is 0 Å². The molecule has 5 heteroatoms. The molecule has 1 aromatic rings. The number of amidine groups is 1. The van der Waals surface area contributed by atoms with Crippen molar-refractivity contribution in [1.29, 1.82) is 5.41 Å². The highest BCUT2D eigenvalue weighted by Crippen LogP contribution is 2.23. The predicted molar refractivity (Wildman–Crippen MR) is 71.8 cm³/mol. The third-order valence-electron chi connectivity index (χ3n) is 3.17. The molecule has 2 rings (SSSR count). The van der Waals surface area contributed by atoms with E-state index in [2.05, 4.69) is 11.7 Å². The van der Waals surface area contributed by atoms with Crippen molar-refractivity contribution in [1.82, 2.24) is 0 Å². The maximum absolute atomic E-state index is 13.2. The van der Waals surface area contributed by atoms with Crippen molar-refractivity contribution in [2.24, 2.45) is 10.9 Å². The van der Waals surface area contributed by atoms with E-state index in [0.717, 1.165) is 26.1 Å². The summed E-state index contributed by atoms with van der Waals surface area (Å²) < 4.78 is 24.2. The van der Waals surface area contributed by atoms with Crippen LogP contribution in [-0.2, 0) is 4.74 Å². The maximum atomic E-state index is 13.2. The Morgan fingerprint density at radius 1 is 1.47 bits per heavy atom. The molecule has 0 unspecified atom stereocenters. The topological polar surface area (TPSA) is 54.7 Å². The molecule has 1 aromatic carbocycles. The van der Waals surface area contributed by atoms with E-state index in [4.69, 9.17) is 14.9 Å². The fourth-order valence-electron chi connectivity index (χ4n) is 2.02. The van der Waals surface area contributed by atoms with Crippen molar-refractivity contribution in [2.75, 3.05) is 19.8 Å². The number of benzene rings is 1. The minimum atomic E-state index is -0.415. The van der Waals surface area contributed by atoms with Crippen molar-refractivity contribution in [2.45, 2.75) is 12.8 Å². The van der Waals surface area contributed by atoms with Gasteiger partial charge in [-0.3, -0.25) is 5.41 Å². The maximum Gasteiger partial charge on any atom is 0.154 e. The molecule has 0 radical (unpaired) electrons. The number of rotatable bonds is 4. The Labute approximate surface area is 111 Å². The van der Waals surface area contributed by atoms with Gasteiger partial charge in [-0.05, 0) is 43.7 Å². The summed E-state index contributed by atoms with van der Waals surface area (Å²) in [5, 5.41) is 7.64. The second-order valence-corrected chi connectivity index (χ2v) is 4.51. The first-order valence-electron chi connectivity index (χ1n) is 6.26. The lowest BCUT2D eigenvalue weighted by atomic mass is 10.0. The van der Waals surface area contributed by atoms with Crippen LogP contribution in [0, 0.1) is 17.1 Å². The highest BCUT2D eigenvalue weighted by atomic mass is 19.1. The van der Waals surface area contributed by atoms with Crippen LogP contribution in [-0.4, -0.2) is 32.4 Å². The first-order valence-corrected chi connectivity index (χ1v) is 6.26. The first-order chi connectivity index (χ1) is 9.20. The number of halogens is 1. The van der Waals surface area contributed by atoms with Crippen LogP contribution in [0.15, 0.2) is 23.2 Å². The molecule has 0 aromatic heterocycles. The van der Waals surface area contributed by atoms with E-state index in [0.29, 0.717) is 23.8 Å². The summed E-state index contributed by atoms with van der Waals surface area (Å²) in [5.41, 5.74) is 0.335. The Bertz CT molecular complexity index is 471. The van der Waals surface area contributed by atoms with Crippen LogP contribution in [0.3, 0.4) is 0 Å². The van der Waals surface area contributed by atoms with Crippen LogP contribution in [0.5, 0.6) is 5.75 Å². The molecule has 1 N–H and O–H groups in total. The standard InChI is InChI=1S/C14H17FN2O2/c1-17-14(16)12-8-11(15)2-3-13(12)19-9-10-4-6-18-7-5-10/h2-3,8,10,16H,1,4-7,9H2. The largest absolute Gasteiger partial charge is 0.493 e. The SMILES string of the molecule is C=NC(=N)c1cc(F)ccc1OCC1CCOCC1. The van der Waals surface area contributed by atoms with E-state index >= 15 is 0 Å². The molecule has 1 aliphatic rings. The molecular formula is C14H17FN2O2. The minimum absolute atomic E-state index is 0.0820. The number of hydrogen-bond acceptors (Lipinski definition) is 3. The third-order valence-corrected chi connectivity index (χ3v) is 3.17. The molecular weight excluding hydrogens is 247 g/mol. The molecule has 0 spiro atoms. The highest BCUT2D eigenvalue weighted by molar-refractivity contribution is 6.01.